The van der Waals surface area contributed by atoms with E-state index in [4.69, 9.17) is 5.11 Å². The Balaban J connectivity index is 0.000000194. The Labute approximate surface area is 159 Å². The second-order valence-corrected chi connectivity index (χ2v) is 6.93. The van der Waals surface area contributed by atoms with Gasteiger partial charge in [-0.25, -0.2) is 0 Å². The number of aryl methyl sites for hydroxylation is 1. The predicted octanol–water partition coefficient (Wildman–Crippen LogP) is 1.68. The van der Waals surface area contributed by atoms with E-state index < -0.39 is 11.9 Å². The molecular weight excluding hydrogens is 346 g/mol. The molecule has 0 aliphatic carbocycles. The molecule has 27 heavy (non-hydrogen) atoms. The fraction of sp³-hybridized carbons (Fsp3) is 0.579. The number of benzene rings is 1. The highest BCUT2D eigenvalue weighted by Gasteiger charge is 2.23. The molecule has 8 heteroatoms. The molecule has 2 heterocycles. The molecule has 2 aromatic rings. The second-order valence-electron chi connectivity index (χ2n) is 6.93. The Bertz CT molecular complexity index is 675. The van der Waals surface area contributed by atoms with Crippen LogP contribution in [0.2, 0.25) is 0 Å². The molecule has 0 spiro atoms. The average molecular weight is 375 g/mol. The number of hydrogen-bond donors (Lipinski definition) is 4. The number of rotatable bonds is 6. The van der Waals surface area contributed by atoms with Gasteiger partial charge in [0.15, 0.2) is 5.82 Å². The number of aliphatic hydroxyl groups excluding tert-OH is 1. The maximum atomic E-state index is 10.7. The first-order valence-corrected chi connectivity index (χ1v) is 9.41. The summed E-state index contributed by atoms with van der Waals surface area (Å²) >= 11 is 0. The van der Waals surface area contributed by atoms with E-state index in [2.05, 4.69) is 57.1 Å². The Morgan fingerprint density at radius 1 is 1.33 bits per heavy atom. The van der Waals surface area contributed by atoms with Crippen molar-refractivity contribution >= 4 is 5.97 Å². The van der Waals surface area contributed by atoms with Crippen molar-refractivity contribution in [3.8, 4) is 0 Å². The second kappa shape index (κ2) is 10.7. The number of carbonyl (C=O) groups is 1. The number of carboxylic acids is 1. The van der Waals surface area contributed by atoms with Crippen molar-refractivity contribution in [3.63, 3.8) is 0 Å². The average Bonchev–Trinajstić information content (AvgIpc) is 3.16. The van der Waals surface area contributed by atoms with Crippen LogP contribution in [0.5, 0.6) is 0 Å². The smallest absolute Gasteiger partial charge is 0.306 e. The van der Waals surface area contributed by atoms with Crippen molar-refractivity contribution in [3.05, 3.63) is 41.2 Å². The van der Waals surface area contributed by atoms with Crippen LogP contribution >= 0.6 is 0 Å². The summed E-state index contributed by atoms with van der Waals surface area (Å²) in [6.07, 6.45) is 2.63. The number of aromatic amines is 1. The predicted molar refractivity (Wildman–Crippen MR) is 101 cm³/mol. The number of hydrogen-bond acceptors (Lipinski definition) is 6. The number of nitrogens with zero attached hydrogens (tertiary/aromatic N) is 3. The van der Waals surface area contributed by atoms with Crippen molar-refractivity contribution in [2.45, 2.75) is 51.6 Å². The molecule has 8 nitrogen and oxygen atoms in total. The third kappa shape index (κ3) is 6.73. The lowest BCUT2D eigenvalue weighted by Crippen LogP contribution is -2.39. The summed E-state index contributed by atoms with van der Waals surface area (Å²) in [5.41, 5.74) is 2.54. The van der Waals surface area contributed by atoms with Gasteiger partial charge < -0.3 is 15.5 Å². The summed E-state index contributed by atoms with van der Waals surface area (Å²) in [5, 5.41) is 34.9. The molecule has 0 radical (unpaired) electrons. The molecule has 0 saturated carbocycles. The van der Waals surface area contributed by atoms with Gasteiger partial charge in [0.25, 0.3) is 0 Å². The molecular formula is C19H29N5O3. The summed E-state index contributed by atoms with van der Waals surface area (Å²) in [7, 11) is 0. The van der Waals surface area contributed by atoms with Gasteiger partial charge in [-0.15, -0.1) is 10.2 Å². The molecule has 1 aliphatic rings. The van der Waals surface area contributed by atoms with Crippen molar-refractivity contribution in [1.29, 1.82) is 0 Å². The van der Waals surface area contributed by atoms with Crippen LogP contribution in [0, 0.1) is 12.8 Å². The number of aliphatic carboxylic acids is 1. The highest BCUT2D eigenvalue weighted by molar-refractivity contribution is 5.70. The van der Waals surface area contributed by atoms with Gasteiger partial charge in [-0.2, -0.15) is 5.21 Å². The largest absolute Gasteiger partial charge is 0.481 e. The summed E-state index contributed by atoms with van der Waals surface area (Å²) < 4.78 is 0. The Kier molecular flexibility index (Phi) is 8.35. The van der Waals surface area contributed by atoms with Crippen LogP contribution in [-0.2, 0) is 11.2 Å². The number of H-pyrrole nitrogens is 1. The number of tetrazole rings is 1. The number of aliphatic hydroxyl groups is 1. The molecule has 4 N–H and O–H groups in total. The number of carboxylic acid groups (broad SMARTS) is 1. The fourth-order valence-corrected chi connectivity index (χ4v) is 3.20. The van der Waals surface area contributed by atoms with E-state index in [-0.39, 0.29) is 6.10 Å². The van der Waals surface area contributed by atoms with Gasteiger partial charge in [0.05, 0.1) is 12.0 Å². The summed E-state index contributed by atoms with van der Waals surface area (Å²) in [5.74, 6) is -0.424. The third-order valence-corrected chi connectivity index (χ3v) is 4.76. The minimum absolute atomic E-state index is 0.230. The standard InChI is InChI=1S/C12H17NO.C7H12N4O2/c1-9-2-4-10(5-3-9)11-6-7-13-8-12(11)14;1-2-3-5(7(12)13)4-6-8-10-11-9-6/h2-5,11-14H,6-8H2,1H3;5H,2-4H2,1H3,(H,12,13)(H,8,9,10,11). The molecule has 1 aromatic heterocycles. The molecule has 3 atom stereocenters. The highest BCUT2D eigenvalue weighted by Crippen LogP contribution is 2.25. The van der Waals surface area contributed by atoms with Crippen molar-refractivity contribution in [2.24, 2.45) is 5.92 Å². The summed E-state index contributed by atoms with van der Waals surface area (Å²) in [6.45, 7) is 5.77. The number of piperidine rings is 1. The van der Waals surface area contributed by atoms with Crippen molar-refractivity contribution in [2.75, 3.05) is 13.1 Å². The first-order chi connectivity index (χ1) is 13.0. The monoisotopic (exact) mass is 375 g/mol. The van der Waals surface area contributed by atoms with E-state index in [0.29, 0.717) is 24.6 Å². The number of nitrogens with one attached hydrogen (secondary N) is 2. The molecule has 1 aromatic carbocycles. The zero-order valence-electron chi connectivity index (χ0n) is 15.9. The normalized spacial score (nSPS) is 20.4. The summed E-state index contributed by atoms with van der Waals surface area (Å²) in [4.78, 5) is 10.7. The van der Waals surface area contributed by atoms with E-state index in [0.717, 1.165) is 25.9 Å². The lowest BCUT2D eigenvalue weighted by molar-refractivity contribution is -0.142. The minimum atomic E-state index is -0.799. The topological polar surface area (TPSA) is 124 Å². The SMILES string of the molecule is CCCC(Cc1nn[nH]n1)C(=O)O.Cc1ccc(C2CCNCC2O)cc1. The van der Waals surface area contributed by atoms with Gasteiger partial charge >= 0.3 is 5.97 Å². The van der Waals surface area contributed by atoms with Crippen LogP contribution in [0.1, 0.15) is 49.1 Å². The highest BCUT2D eigenvalue weighted by atomic mass is 16.4. The van der Waals surface area contributed by atoms with E-state index in [9.17, 15) is 9.90 Å². The van der Waals surface area contributed by atoms with Crippen molar-refractivity contribution < 1.29 is 15.0 Å². The first kappa shape index (κ1) is 21.0. The van der Waals surface area contributed by atoms with Crippen LogP contribution in [0.15, 0.2) is 24.3 Å². The first-order valence-electron chi connectivity index (χ1n) is 9.41. The van der Waals surface area contributed by atoms with Crippen molar-refractivity contribution in [1.82, 2.24) is 25.9 Å². The molecule has 148 valence electrons. The van der Waals surface area contributed by atoms with Crippen LogP contribution in [0.4, 0.5) is 0 Å². The Morgan fingerprint density at radius 2 is 2.07 bits per heavy atom. The van der Waals surface area contributed by atoms with E-state index in [1.54, 1.807) is 0 Å². The van der Waals surface area contributed by atoms with Crippen LogP contribution < -0.4 is 5.32 Å². The molecule has 3 rings (SSSR count). The van der Waals surface area contributed by atoms with E-state index in [1.807, 2.05) is 6.92 Å². The molecule has 1 fully saturated rings. The Morgan fingerprint density at radius 3 is 2.63 bits per heavy atom. The van der Waals surface area contributed by atoms with Crippen LogP contribution in [-0.4, -0.2) is 56.0 Å². The minimum Gasteiger partial charge on any atom is -0.481 e. The van der Waals surface area contributed by atoms with Gasteiger partial charge in [0, 0.05) is 18.9 Å². The van der Waals surface area contributed by atoms with Gasteiger partial charge in [0.2, 0.25) is 0 Å². The fourth-order valence-electron chi connectivity index (χ4n) is 3.20. The number of aromatic nitrogens is 4. The zero-order chi connectivity index (χ0) is 19.6. The molecule has 0 bridgehead atoms. The van der Waals surface area contributed by atoms with E-state index in [1.165, 1.54) is 11.1 Å². The van der Waals surface area contributed by atoms with Gasteiger partial charge in [-0.3, -0.25) is 4.79 Å². The van der Waals surface area contributed by atoms with Gasteiger partial charge in [-0.1, -0.05) is 48.4 Å². The quantitative estimate of drug-likeness (QED) is 0.605. The van der Waals surface area contributed by atoms with Gasteiger partial charge in [0.1, 0.15) is 0 Å². The number of β-amino-alcohol motifs (C(OH)–C–C–N with tert-alkyl or cyclic N) is 1. The molecule has 1 aliphatic heterocycles. The lowest BCUT2D eigenvalue weighted by atomic mass is 9.87. The molecule has 3 unspecified atom stereocenters. The van der Waals surface area contributed by atoms with E-state index >= 15 is 0 Å². The van der Waals surface area contributed by atoms with Crippen LogP contribution in [0.3, 0.4) is 0 Å². The van der Waals surface area contributed by atoms with Gasteiger partial charge in [-0.05, 0) is 31.9 Å². The van der Waals surface area contributed by atoms with Crippen LogP contribution in [0.25, 0.3) is 0 Å². The maximum absolute atomic E-state index is 10.7. The lowest BCUT2D eigenvalue weighted by Gasteiger charge is -2.28. The zero-order valence-corrected chi connectivity index (χ0v) is 15.9. The maximum Gasteiger partial charge on any atom is 0.306 e. The third-order valence-electron chi connectivity index (χ3n) is 4.76. The summed E-state index contributed by atoms with van der Waals surface area (Å²) in [6, 6.07) is 8.50. The Hall–Kier alpha value is -2.32. The molecule has 0 amide bonds. The molecule has 1 saturated heterocycles.